The van der Waals surface area contributed by atoms with Gasteiger partial charge in [0.1, 0.15) is 5.75 Å². The van der Waals surface area contributed by atoms with Gasteiger partial charge in [0.05, 0.1) is 24.4 Å². The monoisotopic (exact) mass is 384 g/mol. The van der Waals surface area contributed by atoms with Gasteiger partial charge in [-0.15, -0.1) is 0 Å². The Kier molecular flexibility index (Phi) is 5.29. The number of rotatable bonds is 6. The van der Waals surface area contributed by atoms with Crippen LogP contribution in [0, 0.1) is 13.8 Å². The Balaban J connectivity index is 1.58. The number of ether oxygens (including phenoxy) is 1. The number of benzene rings is 2. The number of nitrogens with zero attached hydrogens (tertiary/aromatic N) is 2. The zero-order valence-electron chi connectivity index (χ0n) is 16.8. The maximum atomic E-state index is 5.41. The quantitative estimate of drug-likeness (QED) is 0.363. The minimum Gasteiger partial charge on any atom is -0.496 e. The van der Waals surface area contributed by atoms with E-state index < -0.39 is 0 Å². The first-order valence-corrected chi connectivity index (χ1v) is 9.59. The number of aromatic nitrogens is 2. The Morgan fingerprint density at radius 1 is 0.759 bits per heavy atom. The minimum absolute atomic E-state index is 0.123. The molecule has 0 radical (unpaired) electrons. The number of hydrogen-bond acceptors (Lipinski definition) is 3. The van der Waals surface area contributed by atoms with E-state index in [1.165, 1.54) is 5.56 Å². The van der Waals surface area contributed by atoms with Gasteiger partial charge in [-0.05, 0) is 79.1 Å². The lowest BCUT2D eigenvalue weighted by atomic mass is 9.92. The van der Waals surface area contributed by atoms with Crippen molar-refractivity contribution in [2.24, 2.45) is 10.2 Å². The van der Waals surface area contributed by atoms with Crippen molar-refractivity contribution in [2.75, 3.05) is 7.11 Å². The minimum atomic E-state index is 0.123. The molecule has 2 heterocycles. The summed E-state index contributed by atoms with van der Waals surface area (Å²) in [6.07, 6.45) is 3.90. The van der Waals surface area contributed by atoms with Crippen LogP contribution in [0.15, 0.2) is 83.3 Å². The van der Waals surface area contributed by atoms with Crippen LogP contribution in [-0.4, -0.2) is 17.1 Å². The molecule has 29 heavy (non-hydrogen) atoms. The molecule has 0 spiro atoms. The van der Waals surface area contributed by atoms with Crippen molar-refractivity contribution >= 4 is 11.4 Å². The Bertz CT molecular complexity index is 1040. The van der Waals surface area contributed by atoms with Crippen LogP contribution in [0.2, 0.25) is 0 Å². The van der Waals surface area contributed by atoms with E-state index >= 15 is 0 Å². The Hall–Kier alpha value is -3.60. The second-order valence-corrected chi connectivity index (χ2v) is 7.09. The van der Waals surface area contributed by atoms with Crippen LogP contribution < -0.4 is 4.74 Å². The molecule has 0 aliphatic carbocycles. The molecule has 0 unspecified atom stereocenters. The van der Waals surface area contributed by atoms with Crippen LogP contribution in [-0.2, 0) is 0 Å². The summed E-state index contributed by atoms with van der Waals surface area (Å²) in [5, 5.41) is 8.81. The summed E-state index contributed by atoms with van der Waals surface area (Å²) >= 11 is 0. The fourth-order valence-electron chi connectivity index (χ4n) is 3.73. The zero-order valence-corrected chi connectivity index (χ0v) is 16.8. The third-order valence-electron chi connectivity index (χ3n) is 5.02. The SMILES string of the molecule is COc1c(C)cc(N=Nc2ccc(C(c3ccc[nH]3)c3ccc[nH]3)cc2)cc1C. The lowest BCUT2D eigenvalue weighted by molar-refractivity contribution is 0.408. The molecule has 0 bridgehead atoms. The second kappa shape index (κ2) is 8.19. The van der Waals surface area contributed by atoms with Crippen LogP contribution >= 0.6 is 0 Å². The number of hydrogen-bond donors (Lipinski definition) is 2. The van der Waals surface area contributed by atoms with Gasteiger partial charge in [-0.1, -0.05) is 12.1 Å². The van der Waals surface area contributed by atoms with Crippen molar-refractivity contribution in [3.63, 3.8) is 0 Å². The predicted molar refractivity (Wildman–Crippen MR) is 116 cm³/mol. The van der Waals surface area contributed by atoms with Crippen LogP contribution in [0.5, 0.6) is 5.75 Å². The second-order valence-electron chi connectivity index (χ2n) is 7.09. The van der Waals surface area contributed by atoms with E-state index in [9.17, 15) is 0 Å². The van der Waals surface area contributed by atoms with Gasteiger partial charge in [-0.3, -0.25) is 0 Å². The molecule has 4 aromatic rings. The van der Waals surface area contributed by atoms with Gasteiger partial charge in [-0.25, -0.2) is 0 Å². The van der Waals surface area contributed by atoms with E-state index in [1.54, 1.807) is 7.11 Å². The van der Waals surface area contributed by atoms with Gasteiger partial charge in [0.2, 0.25) is 0 Å². The van der Waals surface area contributed by atoms with Crippen LogP contribution in [0.25, 0.3) is 0 Å². The number of aryl methyl sites for hydroxylation is 2. The molecule has 0 saturated carbocycles. The van der Waals surface area contributed by atoms with Gasteiger partial charge in [-0.2, -0.15) is 10.2 Å². The molecular weight excluding hydrogens is 360 g/mol. The fraction of sp³-hybridized carbons (Fsp3) is 0.167. The maximum absolute atomic E-state index is 5.41. The lowest BCUT2D eigenvalue weighted by Crippen LogP contribution is -2.03. The third kappa shape index (κ3) is 3.99. The molecule has 5 heteroatoms. The van der Waals surface area contributed by atoms with E-state index in [0.29, 0.717) is 0 Å². The van der Waals surface area contributed by atoms with Crippen molar-refractivity contribution in [1.29, 1.82) is 0 Å². The standard InChI is InChI=1S/C24H24N4O/c1-16-14-20(15-17(2)24(16)29-3)28-27-19-10-8-18(9-11-19)23(21-6-4-12-25-21)22-7-5-13-26-22/h4-15,23,25-26H,1-3H3. The Morgan fingerprint density at radius 2 is 1.31 bits per heavy atom. The normalized spacial score (nSPS) is 11.4. The van der Waals surface area contributed by atoms with Crippen molar-refractivity contribution in [2.45, 2.75) is 19.8 Å². The smallest absolute Gasteiger partial charge is 0.124 e. The lowest BCUT2D eigenvalue weighted by Gasteiger charge is -2.15. The molecule has 0 amide bonds. The van der Waals surface area contributed by atoms with Gasteiger partial charge >= 0.3 is 0 Å². The Labute approximate surface area is 170 Å². The molecular formula is C24H24N4O. The summed E-state index contributed by atoms with van der Waals surface area (Å²) in [5.74, 6) is 1.02. The first-order valence-electron chi connectivity index (χ1n) is 9.59. The van der Waals surface area contributed by atoms with E-state index in [0.717, 1.165) is 39.6 Å². The molecule has 0 aliphatic heterocycles. The molecule has 4 rings (SSSR count). The first-order chi connectivity index (χ1) is 14.2. The molecule has 2 N–H and O–H groups in total. The summed E-state index contributed by atoms with van der Waals surface area (Å²) in [6.45, 7) is 4.03. The third-order valence-corrected chi connectivity index (χ3v) is 5.02. The molecule has 0 aliphatic rings. The summed E-state index contributed by atoms with van der Waals surface area (Å²) in [7, 11) is 1.69. The average Bonchev–Trinajstić information content (AvgIpc) is 3.42. The number of aromatic amines is 2. The fourth-order valence-corrected chi connectivity index (χ4v) is 3.73. The highest BCUT2D eigenvalue weighted by Gasteiger charge is 2.18. The van der Waals surface area contributed by atoms with Crippen molar-refractivity contribution in [1.82, 2.24) is 9.97 Å². The number of H-pyrrole nitrogens is 2. The number of azo groups is 1. The van der Waals surface area contributed by atoms with Gasteiger partial charge in [0.15, 0.2) is 0 Å². The zero-order chi connectivity index (χ0) is 20.2. The molecule has 146 valence electrons. The van der Waals surface area contributed by atoms with Crippen molar-refractivity contribution in [3.8, 4) is 5.75 Å². The highest BCUT2D eigenvalue weighted by Crippen LogP contribution is 2.32. The largest absolute Gasteiger partial charge is 0.496 e. The highest BCUT2D eigenvalue weighted by atomic mass is 16.5. The molecule has 2 aromatic carbocycles. The molecule has 5 nitrogen and oxygen atoms in total. The topological polar surface area (TPSA) is 65.5 Å². The van der Waals surface area contributed by atoms with E-state index in [-0.39, 0.29) is 5.92 Å². The van der Waals surface area contributed by atoms with Crippen molar-refractivity contribution in [3.05, 3.63) is 101 Å². The summed E-state index contributed by atoms with van der Waals surface area (Å²) in [5.41, 5.74) is 7.21. The van der Waals surface area contributed by atoms with Crippen molar-refractivity contribution < 1.29 is 4.74 Å². The molecule has 0 atom stereocenters. The first kappa shape index (κ1) is 18.7. The van der Waals surface area contributed by atoms with E-state index in [1.807, 2.05) is 62.6 Å². The highest BCUT2D eigenvalue weighted by molar-refractivity contribution is 5.52. The maximum Gasteiger partial charge on any atom is 0.124 e. The van der Waals surface area contributed by atoms with Crippen LogP contribution in [0.1, 0.15) is 34.0 Å². The summed E-state index contributed by atoms with van der Waals surface area (Å²) < 4.78 is 5.41. The molecule has 0 saturated heterocycles. The predicted octanol–water partition coefficient (Wildman–Crippen LogP) is 6.56. The van der Waals surface area contributed by atoms with E-state index in [2.05, 4.69) is 44.5 Å². The Morgan fingerprint density at radius 3 is 1.79 bits per heavy atom. The molecule has 2 aromatic heterocycles. The van der Waals surface area contributed by atoms with Gasteiger partial charge in [0, 0.05) is 23.8 Å². The van der Waals surface area contributed by atoms with Crippen LogP contribution in [0.4, 0.5) is 11.4 Å². The van der Waals surface area contributed by atoms with E-state index in [4.69, 9.17) is 4.74 Å². The van der Waals surface area contributed by atoms with Gasteiger partial charge < -0.3 is 14.7 Å². The number of methoxy groups -OCH3 is 1. The van der Waals surface area contributed by atoms with Crippen LogP contribution in [0.3, 0.4) is 0 Å². The van der Waals surface area contributed by atoms with Gasteiger partial charge in [0.25, 0.3) is 0 Å². The summed E-state index contributed by atoms with van der Waals surface area (Å²) in [6, 6.07) is 20.4. The average molecular weight is 384 g/mol. The number of nitrogens with one attached hydrogen (secondary N) is 2. The summed E-state index contributed by atoms with van der Waals surface area (Å²) in [4.78, 5) is 6.67. The molecule has 0 fully saturated rings.